The van der Waals surface area contributed by atoms with Gasteiger partial charge >= 0.3 is 0 Å². The number of likely N-dealkylation sites (tertiary alicyclic amines) is 1. The molecule has 9 heteroatoms. The molecule has 3 aromatic rings. The van der Waals surface area contributed by atoms with Crippen molar-refractivity contribution in [1.29, 1.82) is 0 Å². The van der Waals surface area contributed by atoms with Gasteiger partial charge in [0.15, 0.2) is 5.65 Å². The van der Waals surface area contributed by atoms with Crippen LogP contribution in [0.2, 0.25) is 0 Å². The molecule has 2 saturated heterocycles. The molecule has 5 heterocycles. The molecule has 0 radical (unpaired) electrons. The number of hydrogen-bond acceptors (Lipinski definition) is 7. The molecule has 152 valence electrons. The second-order valence-electron chi connectivity index (χ2n) is 8.00. The first-order valence-electron chi connectivity index (χ1n) is 10.2. The number of carbonyl (C=O) groups excluding carboxylic acids is 1. The van der Waals surface area contributed by atoms with E-state index >= 15 is 0 Å². The van der Waals surface area contributed by atoms with Gasteiger partial charge in [-0.05, 0) is 32.6 Å². The Bertz CT molecular complexity index is 1030. The maximum atomic E-state index is 13.0. The fraction of sp³-hybridized carbons (Fsp3) is 0.500. The summed E-state index contributed by atoms with van der Waals surface area (Å²) >= 11 is 1.45. The van der Waals surface area contributed by atoms with Gasteiger partial charge in [0.2, 0.25) is 0 Å². The first-order chi connectivity index (χ1) is 14.1. The van der Waals surface area contributed by atoms with Crippen molar-refractivity contribution >= 4 is 28.7 Å². The van der Waals surface area contributed by atoms with Crippen LogP contribution in [-0.4, -0.2) is 56.1 Å². The number of amides is 1. The summed E-state index contributed by atoms with van der Waals surface area (Å²) in [5.41, 5.74) is 11.1. The predicted molar refractivity (Wildman–Crippen MR) is 112 cm³/mol. The Labute approximate surface area is 173 Å². The van der Waals surface area contributed by atoms with Crippen LogP contribution in [0.3, 0.4) is 0 Å². The van der Waals surface area contributed by atoms with Crippen LogP contribution < -0.4 is 10.6 Å². The second-order valence-corrected chi connectivity index (χ2v) is 8.72. The summed E-state index contributed by atoms with van der Waals surface area (Å²) in [4.78, 5) is 26.2. The molecule has 3 aromatic heterocycles. The van der Waals surface area contributed by atoms with E-state index in [1.54, 1.807) is 5.51 Å². The van der Waals surface area contributed by atoms with Gasteiger partial charge in [0.25, 0.3) is 5.91 Å². The summed E-state index contributed by atoms with van der Waals surface area (Å²) in [6.45, 7) is 4.57. The molecule has 8 nitrogen and oxygen atoms in total. The minimum atomic E-state index is -0.0383. The Morgan fingerprint density at radius 3 is 2.93 bits per heavy atom. The topological polar surface area (TPSA) is 92.6 Å². The highest BCUT2D eigenvalue weighted by molar-refractivity contribution is 7.07. The molecule has 2 fully saturated rings. The van der Waals surface area contributed by atoms with Gasteiger partial charge in [0, 0.05) is 48.9 Å². The maximum absolute atomic E-state index is 13.0. The van der Waals surface area contributed by atoms with Gasteiger partial charge in [-0.25, -0.2) is 14.5 Å². The van der Waals surface area contributed by atoms with Gasteiger partial charge in [-0.2, -0.15) is 5.10 Å². The molecule has 2 atom stereocenters. The lowest BCUT2D eigenvalue weighted by Gasteiger charge is -2.34. The normalized spacial score (nSPS) is 22.6. The van der Waals surface area contributed by atoms with Crippen LogP contribution in [0.4, 0.5) is 5.82 Å². The van der Waals surface area contributed by atoms with Crippen LogP contribution in [0.15, 0.2) is 23.2 Å². The van der Waals surface area contributed by atoms with E-state index in [0.717, 1.165) is 68.0 Å². The number of anilines is 1. The number of fused-ring (bicyclic) bond motifs is 1. The number of rotatable bonds is 3. The zero-order chi connectivity index (χ0) is 20.0. The van der Waals surface area contributed by atoms with E-state index in [-0.39, 0.29) is 18.0 Å². The smallest absolute Gasteiger partial charge is 0.273 e. The average Bonchev–Trinajstić information content (AvgIpc) is 3.47. The lowest BCUT2D eigenvalue weighted by Crippen LogP contribution is -2.38. The Balaban J connectivity index is 1.48. The van der Waals surface area contributed by atoms with Crippen molar-refractivity contribution in [2.45, 2.75) is 44.7 Å². The molecule has 29 heavy (non-hydrogen) atoms. The van der Waals surface area contributed by atoms with E-state index in [1.165, 1.54) is 11.3 Å². The number of aromatic nitrogens is 4. The van der Waals surface area contributed by atoms with Gasteiger partial charge in [-0.3, -0.25) is 4.79 Å². The van der Waals surface area contributed by atoms with Crippen molar-refractivity contribution in [2.75, 3.05) is 24.5 Å². The summed E-state index contributed by atoms with van der Waals surface area (Å²) in [6, 6.07) is 2.19. The third-order valence-electron chi connectivity index (χ3n) is 5.90. The molecular formula is C20H25N7OS. The molecule has 0 spiro atoms. The number of aryl methyl sites for hydroxylation is 1. The molecule has 2 N–H and O–H groups in total. The first kappa shape index (κ1) is 18.5. The van der Waals surface area contributed by atoms with E-state index in [1.807, 2.05) is 27.1 Å². The largest absolute Gasteiger partial charge is 0.355 e. The molecule has 2 aliphatic heterocycles. The zero-order valence-corrected chi connectivity index (χ0v) is 17.3. The maximum Gasteiger partial charge on any atom is 0.273 e. The lowest BCUT2D eigenvalue weighted by atomic mass is 9.99. The quantitative estimate of drug-likeness (QED) is 0.711. The standard InChI is InChI=1S/C20H25N7OS/c1-13-9-27-18(23-19(13)25-7-5-14(21)10-25)8-15(24-27)17-4-2-3-6-26(17)20(28)16-11-29-12-22-16/h8-9,11-12,14,17H,2-7,10,21H2,1H3. The first-order valence-corrected chi connectivity index (χ1v) is 11.1. The van der Waals surface area contributed by atoms with Crippen LogP contribution >= 0.6 is 11.3 Å². The van der Waals surface area contributed by atoms with Gasteiger partial charge in [-0.15, -0.1) is 11.3 Å². The molecule has 0 aromatic carbocycles. The minimum Gasteiger partial charge on any atom is -0.355 e. The highest BCUT2D eigenvalue weighted by Gasteiger charge is 2.31. The lowest BCUT2D eigenvalue weighted by molar-refractivity contribution is 0.0600. The molecule has 5 rings (SSSR count). The highest BCUT2D eigenvalue weighted by atomic mass is 32.1. The summed E-state index contributed by atoms with van der Waals surface area (Å²) in [6.07, 6.45) is 6.03. The van der Waals surface area contributed by atoms with Gasteiger partial charge in [0.05, 0.1) is 17.2 Å². The van der Waals surface area contributed by atoms with Gasteiger partial charge in [-0.1, -0.05) is 0 Å². The van der Waals surface area contributed by atoms with E-state index in [2.05, 4.69) is 16.8 Å². The van der Waals surface area contributed by atoms with E-state index in [4.69, 9.17) is 15.8 Å². The fourth-order valence-electron chi connectivity index (χ4n) is 4.43. The van der Waals surface area contributed by atoms with Crippen LogP contribution in [0.1, 0.15) is 53.5 Å². The van der Waals surface area contributed by atoms with Crippen molar-refractivity contribution in [3.05, 3.63) is 40.1 Å². The second kappa shape index (κ2) is 7.38. The summed E-state index contributed by atoms with van der Waals surface area (Å²) < 4.78 is 1.84. The van der Waals surface area contributed by atoms with Crippen LogP contribution in [-0.2, 0) is 0 Å². The average molecular weight is 412 g/mol. The van der Waals surface area contributed by atoms with Crippen molar-refractivity contribution in [3.63, 3.8) is 0 Å². The summed E-state index contributed by atoms with van der Waals surface area (Å²) in [5, 5.41) is 6.61. The third kappa shape index (κ3) is 3.38. The number of piperidine rings is 1. The number of nitrogens with zero attached hydrogens (tertiary/aromatic N) is 6. The molecule has 1 amide bonds. The number of carbonyl (C=O) groups is 1. The van der Waals surface area contributed by atoms with E-state index in [0.29, 0.717) is 5.69 Å². The monoisotopic (exact) mass is 411 g/mol. The number of nitrogens with two attached hydrogens (primary N) is 1. The third-order valence-corrected chi connectivity index (χ3v) is 6.49. The zero-order valence-electron chi connectivity index (χ0n) is 16.5. The molecule has 2 aliphatic rings. The van der Waals surface area contributed by atoms with Crippen LogP contribution in [0.25, 0.3) is 5.65 Å². The fourth-order valence-corrected chi connectivity index (χ4v) is 4.96. The van der Waals surface area contributed by atoms with Crippen molar-refractivity contribution in [2.24, 2.45) is 5.73 Å². The Kier molecular flexibility index (Phi) is 4.71. The number of hydrogen-bond donors (Lipinski definition) is 1. The predicted octanol–water partition coefficient (Wildman–Crippen LogP) is 2.40. The van der Waals surface area contributed by atoms with Crippen LogP contribution in [0.5, 0.6) is 0 Å². The Morgan fingerprint density at radius 2 is 2.17 bits per heavy atom. The Hall–Kier alpha value is -2.52. The molecule has 0 saturated carbocycles. The summed E-state index contributed by atoms with van der Waals surface area (Å²) in [5.74, 6) is 0.972. The SMILES string of the molecule is Cc1cn2nc(C3CCCCN3C(=O)c3cscn3)cc2nc1N1CCC(N)C1. The molecule has 2 unspecified atom stereocenters. The minimum absolute atomic E-state index is 0.0103. The van der Waals surface area contributed by atoms with Crippen molar-refractivity contribution in [1.82, 2.24) is 24.5 Å². The summed E-state index contributed by atoms with van der Waals surface area (Å²) in [7, 11) is 0. The number of thiazole rings is 1. The molecular weight excluding hydrogens is 386 g/mol. The molecule has 0 aliphatic carbocycles. The highest BCUT2D eigenvalue weighted by Crippen LogP contribution is 2.32. The van der Waals surface area contributed by atoms with Crippen molar-refractivity contribution < 1.29 is 4.79 Å². The Morgan fingerprint density at radius 1 is 1.28 bits per heavy atom. The van der Waals surface area contributed by atoms with E-state index in [9.17, 15) is 4.79 Å². The van der Waals surface area contributed by atoms with Gasteiger partial charge < -0.3 is 15.5 Å². The van der Waals surface area contributed by atoms with Crippen LogP contribution in [0, 0.1) is 6.92 Å². The van der Waals surface area contributed by atoms with Crippen molar-refractivity contribution in [3.8, 4) is 0 Å². The van der Waals surface area contributed by atoms with Gasteiger partial charge in [0.1, 0.15) is 11.5 Å². The molecule has 0 bridgehead atoms. The van der Waals surface area contributed by atoms with E-state index < -0.39 is 0 Å².